The molecule has 0 bridgehead atoms. The highest BCUT2D eigenvalue weighted by atomic mass is 16.4. The van der Waals surface area contributed by atoms with Crippen LogP contribution in [0.3, 0.4) is 0 Å². The number of nitrogens with zero attached hydrogens (tertiary/aromatic N) is 2. The number of nitrogens with one attached hydrogen (secondary N) is 1. The van der Waals surface area contributed by atoms with Crippen molar-refractivity contribution >= 4 is 17.9 Å². The minimum absolute atomic E-state index is 0.163. The summed E-state index contributed by atoms with van der Waals surface area (Å²) in [5.41, 5.74) is 0. The molecule has 0 saturated carbocycles. The van der Waals surface area contributed by atoms with Gasteiger partial charge in [-0.05, 0) is 6.92 Å². The molecule has 7 nitrogen and oxygen atoms in total. The van der Waals surface area contributed by atoms with Gasteiger partial charge in [0.25, 0.3) is 0 Å². The van der Waals surface area contributed by atoms with Gasteiger partial charge in [0.05, 0.1) is 5.92 Å². The molecule has 0 aliphatic carbocycles. The predicted molar refractivity (Wildman–Crippen MR) is 66.1 cm³/mol. The second-order valence-electron chi connectivity index (χ2n) is 4.30. The lowest BCUT2D eigenvalue weighted by molar-refractivity contribution is -0.141. The van der Waals surface area contributed by atoms with E-state index in [1.165, 1.54) is 33.0 Å². The van der Waals surface area contributed by atoms with Crippen LogP contribution in [0.2, 0.25) is 0 Å². The van der Waals surface area contributed by atoms with E-state index in [4.69, 9.17) is 5.11 Å². The van der Waals surface area contributed by atoms with Crippen LogP contribution in [0.25, 0.3) is 0 Å². The summed E-state index contributed by atoms with van der Waals surface area (Å²) >= 11 is 0. The molecule has 0 fully saturated rings. The van der Waals surface area contributed by atoms with Gasteiger partial charge in [-0.3, -0.25) is 4.79 Å². The first kappa shape index (κ1) is 16.2. The van der Waals surface area contributed by atoms with Gasteiger partial charge in [-0.2, -0.15) is 0 Å². The summed E-state index contributed by atoms with van der Waals surface area (Å²) in [6.07, 6.45) is 0. The van der Waals surface area contributed by atoms with Crippen molar-refractivity contribution in [3.05, 3.63) is 0 Å². The Morgan fingerprint density at radius 1 is 1.22 bits per heavy atom. The van der Waals surface area contributed by atoms with Crippen molar-refractivity contribution in [2.24, 2.45) is 5.92 Å². The molecule has 0 spiro atoms. The maximum atomic E-state index is 11.9. The van der Waals surface area contributed by atoms with Gasteiger partial charge >= 0.3 is 12.0 Å². The lowest BCUT2D eigenvalue weighted by Crippen LogP contribution is -2.48. The van der Waals surface area contributed by atoms with Crippen molar-refractivity contribution in [2.45, 2.75) is 19.9 Å². The van der Waals surface area contributed by atoms with E-state index >= 15 is 0 Å². The molecule has 104 valence electrons. The summed E-state index contributed by atoms with van der Waals surface area (Å²) in [5.74, 6) is -1.58. The monoisotopic (exact) mass is 259 g/mol. The van der Waals surface area contributed by atoms with Crippen LogP contribution in [0.5, 0.6) is 0 Å². The highest BCUT2D eigenvalue weighted by Crippen LogP contribution is 2.04. The zero-order valence-electron chi connectivity index (χ0n) is 11.4. The maximum Gasteiger partial charge on any atom is 0.326 e. The van der Waals surface area contributed by atoms with Crippen LogP contribution in [0.1, 0.15) is 13.8 Å². The largest absolute Gasteiger partial charge is 0.480 e. The number of amides is 3. The second-order valence-corrected chi connectivity index (χ2v) is 4.30. The Balaban J connectivity index is 4.51. The van der Waals surface area contributed by atoms with E-state index in [-0.39, 0.29) is 18.4 Å². The van der Waals surface area contributed by atoms with Crippen LogP contribution in [0.15, 0.2) is 0 Å². The molecule has 0 rings (SSSR count). The fourth-order valence-electron chi connectivity index (χ4n) is 1.42. The van der Waals surface area contributed by atoms with E-state index in [0.29, 0.717) is 0 Å². The Bertz CT molecular complexity index is 332. The average Bonchev–Trinajstić information content (AvgIpc) is 2.34. The zero-order valence-corrected chi connectivity index (χ0v) is 11.4. The molecule has 2 atom stereocenters. The van der Waals surface area contributed by atoms with Gasteiger partial charge in [-0.15, -0.1) is 0 Å². The number of carboxylic acids is 1. The molecule has 0 aliphatic heterocycles. The molecule has 0 heterocycles. The Morgan fingerprint density at radius 2 is 1.72 bits per heavy atom. The molecule has 0 saturated heterocycles. The van der Waals surface area contributed by atoms with Gasteiger partial charge in [0, 0.05) is 27.7 Å². The Labute approximate surface area is 107 Å². The standard InChI is InChI=1S/C11H21N3O4/c1-7(9(15)12-3)6-13(4)11(18)14(5)8(2)10(16)17/h7-8H,6H2,1-5H3,(H,12,15)(H,16,17). The first-order valence-electron chi connectivity index (χ1n) is 5.64. The third kappa shape index (κ3) is 4.23. The number of likely N-dealkylation sites (N-methyl/N-ethyl adjacent to an activating group) is 1. The van der Waals surface area contributed by atoms with E-state index in [2.05, 4.69) is 5.32 Å². The SMILES string of the molecule is CNC(=O)C(C)CN(C)C(=O)N(C)C(C)C(=O)O. The van der Waals surface area contributed by atoms with Crippen LogP contribution in [0.4, 0.5) is 4.79 Å². The Morgan fingerprint density at radius 3 is 2.11 bits per heavy atom. The van der Waals surface area contributed by atoms with Crippen LogP contribution < -0.4 is 5.32 Å². The molecule has 2 unspecified atom stereocenters. The molecule has 0 aliphatic rings. The lowest BCUT2D eigenvalue weighted by Gasteiger charge is -2.28. The zero-order chi connectivity index (χ0) is 14.5. The first-order valence-corrected chi connectivity index (χ1v) is 5.64. The van der Waals surface area contributed by atoms with Gasteiger partial charge in [0.15, 0.2) is 0 Å². The number of rotatable bonds is 5. The van der Waals surface area contributed by atoms with E-state index in [9.17, 15) is 14.4 Å². The molecular formula is C11H21N3O4. The van der Waals surface area contributed by atoms with Crippen LogP contribution in [-0.4, -0.2) is 66.5 Å². The Kier molecular flexibility index (Phi) is 6.15. The molecule has 0 radical (unpaired) electrons. The topological polar surface area (TPSA) is 90.0 Å². The van der Waals surface area contributed by atoms with Crippen LogP contribution in [-0.2, 0) is 9.59 Å². The van der Waals surface area contributed by atoms with E-state index < -0.39 is 18.0 Å². The molecular weight excluding hydrogens is 238 g/mol. The fourth-order valence-corrected chi connectivity index (χ4v) is 1.42. The number of carbonyl (C=O) groups excluding carboxylic acids is 2. The number of aliphatic carboxylic acids is 1. The number of carboxylic acid groups (broad SMARTS) is 1. The second kappa shape index (κ2) is 6.83. The van der Waals surface area contributed by atoms with Crippen molar-refractivity contribution < 1.29 is 19.5 Å². The summed E-state index contributed by atoms with van der Waals surface area (Å²) in [6, 6.07) is -1.34. The molecule has 0 aromatic rings. The van der Waals surface area contributed by atoms with Gasteiger partial charge in [-0.1, -0.05) is 6.92 Å². The van der Waals surface area contributed by atoms with Crippen molar-refractivity contribution in [3.63, 3.8) is 0 Å². The summed E-state index contributed by atoms with van der Waals surface area (Å²) in [4.78, 5) is 36.4. The minimum Gasteiger partial charge on any atom is -0.480 e. The molecule has 2 N–H and O–H groups in total. The lowest BCUT2D eigenvalue weighted by atomic mass is 10.1. The highest BCUT2D eigenvalue weighted by Gasteiger charge is 2.25. The smallest absolute Gasteiger partial charge is 0.326 e. The van der Waals surface area contributed by atoms with E-state index in [1.54, 1.807) is 6.92 Å². The third-order valence-electron chi connectivity index (χ3n) is 2.81. The maximum absolute atomic E-state index is 11.9. The number of hydrogen-bond donors (Lipinski definition) is 2. The van der Waals surface area contributed by atoms with Gasteiger partial charge in [0.2, 0.25) is 5.91 Å². The van der Waals surface area contributed by atoms with Crippen molar-refractivity contribution in [1.29, 1.82) is 0 Å². The first-order chi connectivity index (χ1) is 8.22. The summed E-state index contributed by atoms with van der Waals surface area (Å²) in [7, 11) is 4.48. The quantitative estimate of drug-likeness (QED) is 0.717. The fraction of sp³-hybridized carbons (Fsp3) is 0.727. The van der Waals surface area contributed by atoms with Crippen molar-refractivity contribution in [2.75, 3.05) is 27.7 Å². The van der Waals surface area contributed by atoms with Crippen molar-refractivity contribution in [1.82, 2.24) is 15.1 Å². The molecule has 0 aromatic carbocycles. The molecule has 0 aromatic heterocycles. The molecule has 7 heteroatoms. The van der Waals surface area contributed by atoms with Crippen LogP contribution >= 0.6 is 0 Å². The van der Waals surface area contributed by atoms with Crippen LogP contribution in [0, 0.1) is 5.92 Å². The number of carbonyl (C=O) groups is 3. The van der Waals surface area contributed by atoms with E-state index in [1.807, 2.05) is 0 Å². The van der Waals surface area contributed by atoms with E-state index in [0.717, 1.165) is 4.90 Å². The van der Waals surface area contributed by atoms with Gasteiger partial charge in [0.1, 0.15) is 6.04 Å². The summed E-state index contributed by atoms with van der Waals surface area (Å²) < 4.78 is 0. The van der Waals surface area contributed by atoms with Gasteiger partial charge < -0.3 is 20.2 Å². The number of hydrogen-bond acceptors (Lipinski definition) is 3. The summed E-state index contributed by atoms with van der Waals surface area (Å²) in [6.45, 7) is 3.36. The minimum atomic E-state index is -1.07. The highest BCUT2D eigenvalue weighted by molar-refractivity contribution is 5.83. The average molecular weight is 259 g/mol. The molecule has 18 heavy (non-hydrogen) atoms. The number of urea groups is 1. The Hall–Kier alpha value is -1.79. The normalized spacial score (nSPS) is 13.4. The van der Waals surface area contributed by atoms with Gasteiger partial charge in [-0.25, -0.2) is 9.59 Å². The molecule has 3 amide bonds. The van der Waals surface area contributed by atoms with Crippen molar-refractivity contribution in [3.8, 4) is 0 Å². The predicted octanol–water partition coefficient (Wildman–Crippen LogP) is -0.175. The summed E-state index contributed by atoms with van der Waals surface area (Å²) in [5, 5.41) is 11.3. The third-order valence-corrected chi connectivity index (χ3v) is 2.81.